The van der Waals surface area contributed by atoms with Crippen molar-refractivity contribution in [3.63, 3.8) is 0 Å². The first-order valence-electron chi connectivity index (χ1n) is 6.84. The van der Waals surface area contributed by atoms with Crippen LogP contribution in [0.1, 0.15) is 40.5 Å². The second-order valence-electron chi connectivity index (χ2n) is 6.18. The van der Waals surface area contributed by atoms with Crippen molar-refractivity contribution in [3.8, 4) is 0 Å². The van der Waals surface area contributed by atoms with E-state index < -0.39 is 14.4 Å². The van der Waals surface area contributed by atoms with E-state index in [1.807, 2.05) is 12.2 Å². The highest BCUT2D eigenvalue weighted by molar-refractivity contribution is 6.74. The van der Waals surface area contributed by atoms with Crippen LogP contribution in [0.15, 0.2) is 24.3 Å². The third kappa shape index (κ3) is 7.14. The molecule has 0 saturated carbocycles. The van der Waals surface area contributed by atoms with Gasteiger partial charge < -0.3 is 9.53 Å². The van der Waals surface area contributed by atoms with Crippen LogP contribution in [0.4, 0.5) is 0 Å². The molecule has 0 radical (unpaired) electrons. The Morgan fingerprint density at radius 1 is 1.17 bits per heavy atom. The molecule has 1 atom stereocenters. The van der Waals surface area contributed by atoms with Gasteiger partial charge in [0.2, 0.25) is 0 Å². The molecule has 0 aliphatic carbocycles. The minimum atomic E-state index is -1.74. The summed E-state index contributed by atoms with van der Waals surface area (Å²) in [7, 11) is -1.74. The van der Waals surface area contributed by atoms with E-state index in [1.54, 1.807) is 0 Å². The van der Waals surface area contributed by atoms with E-state index in [0.717, 1.165) is 12.8 Å². The molecule has 2 nitrogen and oxygen atoms in total. The summed E-state index contributed by atoms with van der Waals surface area (Å²) in [5, 5.41) is 10.0. The lowest BCUT2D eigenvalue weighted by Crippen LogP contribution is -2.42. The Morgan fingerprint density at radius 2 is 1.78 bits per heavy atom. The van der Waals surface area contributed by atoms with Crippen molar-refractivity contribution in [1.29, 1.82) is 0 Å². The van der Waals surface area contributed by atoms with E-state index in [0.29, 0.717) is 6.61 Å². The summed E-state index contributed by atoms with van der Waals surface area (Å²) in [5.41, 5.74) is 0. The molecule has 0 saturated heterocycles. The average molecular weight is 270 g/mol. The first kappa shape index (κ1) is 17.6. The van der Waals surface area contributed by atoms with Crippen molar-refractivity contribution in [2.45, 2.75) is 64.8 Å². The van der Waals surface area contributed by atoms with Crippen molar-refractivity contribution in [3.05, 3.63) is 24.3 Å². The Hall–Kier alpha value is -0.383. The number of hydrogen-bond donors (Lipinski definition) is 1. The van der Waals surface area contributed by atoms with Crippen LogP contribution in [0.2, 0.25) is 18.1 Å². The fraction of sp³-hybridized carbons (Fsp3) is 0.733. The van der Waals surface area contributed by atoms with Gasteiger partial charge in [-0.05, 0) is 31.0 Å². The molecule has 0 aliphatic rings. The lowest BCUT2D eigenvalue weighted by atomic mass is 10.2. The number of aliphatic hydroxyl groups excluding tert-OH is 1. The highest BCUT2D eigenvalue weighted by Crippen LogP contribution is 2.36. The first-order chi connectivity index (χ1) is 8.20. The normalized spacial score (nSPS) is 15.7. The molecular weight excluding hydrogens is 240 g/mol. The van der Waals surface area contributed by atoms with Gasteiger partial charge in [-0.1, -0.05) is 52.0 Å². The Labute approximate surface area is 114 Å². The predicted molar refractivity (Wildman–Crippen MR) is 82.3 cm³/mol. The zero-order valence-corrected chi connectivity index (χ0v) is 13.9. The van der Waals surface area contributed by atoms with E-state index in [1.165, 1.54) is 0 Å². The molecule has 18 heavy (non-hydrogen) atoms. The van der Waals surface area contributed by atoms with Crippen molar-refractivity contribution in [1.82, 2.24) is 0 Å². The van der Waals surface area contributed by atoms with Gasteiger partial charge >= 0.3 is 0 Å². The summed E-state index contributed by atoms with van der Waals surface area (Å²) in [6.07, 6.45) is 9.50. The Bertz CT molecular complexity index is 275. The Balaban J connectivity index is 4.04. The second kappa shape index (κ2) is 7.92. The Morgan fingerprint density at radius 3 is 2.28 bits per heavy atom. The molecule has 0 aromatic carbocycles. The molecule has 0 rings (SSSR count). The summed E-state index contributed by atoms with van der Waals surface area (Å²) >= 11 is 0. The molecule has 0 fully saturated rings. The lowest BCUT2D eigenvalue weighted by molar-refractivity contribution is 0.135. The minimum absolute atomic E-state index is 0.195. The average Bonchev–Trinajstić information content (AvgIpc) is 2.24. The standard InChI is InChI=1S/C15H30O2Si/c1-7-8-9-10-11-12-14(16)13-17-18(5,6)15(2,3)4/h8-9,11-12,14,16H,7,10,13H2,1-6H3/b9-8-,12-11-/t14-/m0/s1. The smallest absolute Gasteiger partial charge is 0.192 e. The van der Waals surface area contributed by atoms with Crippen molar-refractivity contribution in [2.24, 2.45) is 0 Å². The van der Waals surface area contributed by atoms with E-state index >= 15 is 0 Å². The van der Waals surface area contributed by atoms with Gasteiger partial charge in [-0.2, -0.15) is 0 Å². The van der Waals surface area contributed by atoms with Crippen molar-refractivity contribution < 1.29 is 9.53 Å². The number of allylic oxidation sites excluding steroid dienone is 3. The van der Waals surface area contributed by atoms with E-state index in [2.05, 4.69) is 52.9 Å². The third-order valence-corrected chi connectivity index (χ3v) is 7.95. The molecule has 3 heteroatoms. The minimum Gasteiger partial charge on any atom is -0.414 e. The second-order valence-corrected chi connectivity index (χ2v) is 11.0. The van der Waals surface area contributed by atoms with Gasteiger partial charge in [-0.3, -0.25) is 0 Å². The fourth-order valence-electron chi connectivity index (χ4n) is 1.14. The monoisotopic (exact) mass is 270 g/mol. The first-order valence-corrected chi connectivity index (χ1v) is 9.75. The van der Waals surface area contributed by atoms with Gasteiger partial charge in [0.05, 0.1) is 12.7 Å². The van der Waals surface area contributed by atoms with Gasteiger partial charge in [0.25, 0.3) is 0 Å². The lowest BCUT2D eigenvalue weighted by Gasteiger charge is -2.36. The highest BCUT2D eigenvalue weighted by atomic mass is 28.4. The maximum Gasteiger partial charge on any atom is 0.192 e. The van der Waals surface area contributed by atoms with Crippen LogP contribution in [0.5, 0.6) is 0 Å². The van der Waals surface area contributed by atoms with Crippen LogP contribution >= 0.6 is 0 Å². The van der Waals surface area contributed by atoms with Gasteiger partial charge in [-0.25, -0.2) is 0 Å². The summed E-state index contributed by atoms with van der Waals surface area (Å²) in [5.74, 6) is 0. The SMILES string of the molecule is CC/C=C\C/C=C\[C@H](O)CO[Si](C)(C)C(C)(C)C. The van der Waals surface area contributed by atoms with Crippen molar-refractivity contribution in [2.75, 3.05) is 6.61 Å². The van der Waals surface area contributed by atoms with Crippen LogP contribution < -0.4 is 0 Å². The van der Waals surface area contributed by atoms with E-state index in [9.17, 15) is 5.11 Å². The van der Waals surface area contributed by atoms with Gasteiger partial charge in [-0.15, -0.1) is 0 Å². The van der Waals surface area contributed by atoms with Crippen LogP contribution in [0.3, 0.4) is 0 Å². The summed E-state index contributed by atoms with van der Waals surface area (Å²) in [6, 6.07) is 0. The maximum atomic E-state index is 9.82. The fourth-order valence-corrected chi connectivity index (χ4v) is 2.16. The van der Waals surface area contributed by atoms with Crippen LogP contribution in [-0.2, 0) is 4.43 Å². The van der Waals surface area contributed by atoms with Crippen LogP contribution in [-0.4, -0.2) is 26.1 Å². The molecule has 0 aromatic rings. The highest BCUT2D eigenvalue weighted by Gasteiger charge is 2.37. The van der Waals surface area contributed by atoms with Gasteiger partial charge in [0.1, 0.15) is 0 Å². The molecule has 1 N–H and O–H groups in total. The van der Waals surface area contributed by atoms with Crippen LogP contribution in [0, 0.1) is 0 Å². The molecule has 0 heterocycles. The summed E-state index contributed by atoms with van der Waals surface area (Å²) in [6.45, 7) is 13.5. The predicted octanol–water partition coefficient (Wildman–Crippen LogP) is 4.28. The molecule has 0 aliphatic heterocycles. The summed E-state index contributed by atoms with van der Waals surface area (Å²) in [4.78, 5) is 0. The number of hydrogen-bond acceptors (Lipinski definition) is 2. The number of rotatable bonds is 7. The van der Waals surface area contributed by atoms with Gasteiger partial charge in [0, 0.05) is 0 Å². The largest absolute Gasteiger partial charge is 0.414 e. The molecular formula is C15H30O2Si. The molecule has 0 spiro atoms. The zero-order chi connectivity index (χ0) is 14.2. The van der Waals surface area contributed by atoms with Gasteiger partial charge in [0.15, 0.2) is 8.32 Å². The molecule has 0 bridgehead atoms. The van der Waals surface area contributed by atoms with E-state index in [4.69, 9.17) is 4.43 Å². The van der Waals surface area contributed by atoms with Crippen molar-refractivity contribution >= 4 is 8.32 Å². The Kier molecular flexibility index (Phi) is 7.75. The molecule has 0 unspecified atom stereocenters. The maximum absolute atomic E-state index is 9.82. The summed E-state index contributed by atoms with van der Waals surface area (Å²) < 4.78 is 5.95. The molecule has 0 aromatic heterocycles. The molecule has 106 valence electrons. The van der Waals surface area contributed by atoms with E-state index in [-0.39, 0.29) is 5.04 Å². The van der Waals surface area contributed by atoms with Crippen LogP contribution in [0.25, 0.3) is 0 Å². The zero-order valence-electron chi connectivity index (χ0n) is 12.9. The molecule has 0 amide bonds. The third-order valence-electron chi connectivity index (χ3n) is 3.45. The quantitative estimate of drug-likeness (QED) is 0.552. The number of aliphatic hydroxyl groups is 1. The topological polar surface area (TPSA) is 29.5 Å².